The van der Waals surface area contributed by atoms with E-state index in [0.717, 1.165) is 24.2 Å². The number of anilines is 2. The second-order valence-electron chi connectivity index (χ2n) is 5.78. The maximum absolute atomic E-state index is 10.0. The maximum atomic E-state index is 10.0. The molecule has 1 heterocycles. The number of nitrogens with zero attached hydrogens (tertiary/aromatic N) is 1. The second-order valence-corrected chi connectivity index (χ2v) is 5.78. The van der Waals surface area contributed by atoms with E-state index in [-0.39, 0.29) is 0 Å². The molecule has 3 rings (SSSR count). The van der Waals surface area contributed by atoms with E-state index in [1.165, 1.54) is 11.3 Å². The van der Waals surface area contributed by atoms with Crippen LogP contribution in [0.5, 0.6) is 0 Å². The van der Waals surface area contributed by atoms with E-state index < -0.39 is 6.10 Å². The highest BCUT2D eigenvalue weighted by molar-refractivity contribution is 5.70. The van der Waals surface area contributed by atoms with Gasteiger partial charge in [0.1, 0.15) is 0 Å². The third-order valence-corrected chi connectivity index (χ3v) is 4.02. The average Bonchev–Trinajstić information content (AvgIpc) is 2.46. The third-order valence-electron chi connectivity index (χ3n) is 4.02. The van der Waals surface area contributed by atoms with Gasteiger partial charge in [-0.15, -0.1) is 0 Å². The SMILES string of the molecule is CC1Cc2ccccc2N(c2ccccc2C(C)O)C1. The second kappa shape index (κ2) is 5.29. The van der Waals surface area contributed by atoms with Crippen LogP contribution in [-0.4, -0.2) is 11.7 Å². The van der Waals surface area contributed by atoms with Gasteiger partial charge < -0.3 is 10.0 Å². The molecular weight excluding hydrogens is 246 g/mol. The summed E-state index contributed by atoms with van der Waals surface area (Å²) in [5.41, 5.74) is 4.79. The summed E-state index contributed by atoms with van der Waals surface area (Å²) >= 11 is 0. The van der Waals surface area contributed by atoms with Crippen LogP contribution in [0, 0.1) is 5.92 Å². The molecule has 2 heteroatoms. The molecular formula is C18H21NO. The molecule has 20 heavy (non-hydrogen) atoms. The van der Waals surface area contributed by atoms with Gasteiger partial charge in [0.05, 0.1) is 6.10 Å². The smallest absolute Gasteiger partial charge is 0.0782 e. The Morgan fingerprint density at radius 2 is 1.70 bits per heavy atom. The lowest BCUT2D eigenvalue weighted by Crippen LogP contribution is -2.31. The molecule has 2 nitrogen and oxygen atoms in total. The van der Waals surface area contributed by atoms with Gasteiger partial charge >= 0.3 is 0 Å². The molecule has 2 aromatic rings. The van der Waals surface area contributed by atoms with Crippen LogP contribution in [0.15, 0.2) is 48.5 Å². The van der Waals surface area contributed by atoms with Gasteiger partial charge in [-0.3, -0.25) is 0 Å². The van der Waals surface area contributed by atoms with Crippen molar-refractivity contribution in [1.82, 2.24) is 0 Å². The lowest BCUT2D eigenvalue weighted by Gasteiger charge is -2.36. The standard InChI is InChI=1S/C18H21NO/c1-13-11-15-7-3-5-9-17(15)19(12-13)18-10-6-4-8-16(18)14(2)20/h3-10,13-14,20H,11-12H2,1-2H3. The summed E-state index contributed by atoms with van der Waals surface area (Å²) in [7, 11) is 0. The van der Waals surface area contributed by atoms with Gasteiger partial charge in [-0.05, 0) is 37.0 Å². The van der Waals surface area contributed by atoms with Gasteiger partial charge in [0.2, 0.25) is 0 Å². The predicted octanol–water partition coefficient (Wildman–Crippen LogP) is 4.07. The number of aliphatic hydroxyl groups is 1. The zero-order valence-electron chi connectivity index (χ0n) is 12.1. The van der Waals surface area contributed by atoms with Crippen molar-refractivity contribution in [3.8, 4) is 0 Å². The number of rotatable bonds is 2. The maximum Gasteiger partial charge on any atom is 0.0782 e. The number of aliphatic hydroxyl groups excluding tert-OH is 1. The highest BCUT2D eigenvalue weighted by Gasteiger charge is 2.24. The Morgan fingerprint density at radius 3 is 2.45 bits per heavy atom. The zero-order valence-corrected chi connectivity index (χ0v) is 12.1. The molecule has 0 aliphatic carbocycles. The summed E-state index contributed by atoms with van der Waals surface area (Å²) < 4.78 is 0. The van der Waals surface area contributed by atoms with Crippen molar-refractivity contribution in [2.45, 2.75) is 26.4 Å². The van der Waals surface area contributed by atoms with Crippen molar-refractivity contribution in [2.24, 2.45) is 5.92 Å². The zero-order chi connectivity index (χ0) is 14.1. The largest absolute Gasteiger partial charge is 0.389 e. The van der Waals surface area contributed by atoms with Crippen molar-refractivity contribution < 1.29 is 5.11 Å². The Bertz CT molecular complexity index is 606. The molecule has 0 saturated carbocycles. The van der Waals surface area contributed by atoms with Gasteiger partial charge in [0, 0.05) is 23.5 Å². The molecule has 0 amide bonds. The third kappa shape index (κ3) is 2.32. The Labute approximate surface area is 120 Å². The van der Waals surface area contributed by atoms with E-state index in [1.54, 1.807) is 0 Å². The molecule has 0 saturated heterocycles. The lowest BCUT2D eigenvalue weighted by atomic mass is 9.92. The topological polar surface area (TPSA) is 23.5 Å². The molecule has 2 unspecified atom stereocenters. The van der Waals surface area contributed by atoms with Gasteiger partial charge in [-0.1, -0.05) is 43.3 Å². The Morgan fingerprint density at radius 1 is 1.05 bits per heavy atom. The van der Waals surface area contributed by atoms with E-state index in [2.05, 4.69) is 42.2 Å². The minimum atomic E-state index is -0.449. The number of benzene rings is 2. The van der Waals surface area contributed by atoms with Crippen molar-refractivity contribution in [1.29, 1.82) is 0 Å². The minimum Gasteiger partial charge on any atom is -0.389 e. The molecule has 0 spiro atoms. The van der Waals surface area contributed by atoms with Crippen LogP contribution in [-0.2, 0) is 6.42 Å². The molecule has 1 aliphatic heterocycles. The molecule has 1 N–H and O–H groups in total. The molecule has 0 fully saturated rings. The number of hydrogen-bond donors (Lipinski definition) is 1. The fourth-order valence-corrected chi connectivity index (χ4v) is 3.11. The summed E-state index contributed by atoms with van der Waals surface area (Å²) in [6, 6.07) is 16.7. The van der Waals surface area contributed by atoms with E-state index in [9.17, 15) is 5.11 Å². The van der Waals surface area contributed by atoms with E-state index in [0.29, 0.717) is 5.92 Å². The first-order chi connectivity index (χ1) is 9.66. The van der Waals surface area contributed by atoms with Gasteiger partial charge in [-0.25, -0.2) is 0 Å². The van der Waals surface area contributed by atoms with Crippen LogP contribution in [0.1, 0.15) is 31.1 Å². The highest BCUT2D eigenvalue weighted by Crippen LogP contribution is 2.38. The number of hydrogen-bond acceptors (Lipinski definition) is 2. The van der Waals surface area contributed by atoms with Crippen molar-refractivity contribution in [3.05, 3.63) is 59.7 Å². The fraction of sp³-hybridized carbons (Fsp3) is 0.333. The molecule has 2 atom stereocenters. The predicted molar refractivity (Wildman–Crippen MR) is 83.4 cm³/mol. The molecule has 1 aliphatic rings. The number of fused-ring (bicyclic) bond motifs is 1. The molecule has 2 aromatic carbocycles. The fourth-order valence-electron chi connectivity index (χ4n) is 3.11. The summed E-state index contributed by atoms with van der Waals surface area (Å²) in [5.74, 6) is 0.618. The van der Waals surface area contributed by atoms with Gasteiger partial charge in [0.15, 0.2) is 0 Å². The molecule has 104 valence electrons. The number of para-hydroxylation sites is 2. The summed E-state index contributed by atoms with van der Waals surface area (Å²) in [6.45, 7) is 5.12. The highest BCUT2D eigenvalue weighted by atomic mass is 16.3. The molecule has 0 radical (unpaired) electrons. The lowest BCUT2D eigenvalue weighted by molar-refractivity contribution is 0.199. The van der Waals surface area contributed by atoms with Crippen LogP contribution in [0.3, 0.4) is 0 Å². The normalized spacial score (nSPS) is 19.6. The first-order valence-corrected chi connectivity index (χ1v) is 7.29. The van der Waals surface area contributed by atoms with Crippen LogP contribution in [0.2, 0.25) is 0 Å². The van der Waals surface area contributed by atoms with Crippen molar-refractivity contribution in [3.63, 3.8) is 0 Å². The first kappa shape index (κ1) is 13.2. The average molecular weight is 267 g/mol. The Balaban J connectivity index is 2.11. The van der Waals surface area contributed by atoms with E-state index in [1.807, 2.05) is 25.1 Å². The van der Waals surface area contributed by atoms with Crippen LogP contribution in [0.4, 0.5) is 11.4 Å². The molecule has 0 bridgehead atoms. The van der Waals surface area contributed by atoms with Gasteiger partial charge in [-0.2, -0.15) is 0 Å². The Hall–Kier alpha value is -1.80. The summed E-state index contributed by atoms with van der Waals surface area (Å²) in [6.07, 6.45) is 0.680. The van der Waals surface area contributed by atoms with Crippen molar-refractivity contribution >= 4 is 11.4 Å². The first-order valence-electron chi connectivity index (χ1n) is 7.29. The minimum absolute atomic E-state index is 0.449. The molecule has 0 aromatic heterocycles. The van der Waals surface area contributed by atoms with Gasteiger partial charge in [0.25, 0.3) is 0 Å². The van der Waals surface area contributed by atoms with Crippen LogP contribution in [0.25, 0.3) is 0 Å². The van der Waals surface area contributed by atoms with Crippen molar-refractivity contribution in [2.75, 3.05) is 11.4 Å². The van der Waals surface area contributed by atoms with Crippen LogP contribution < -0.4 is 4.90 Å². The van der Waals surface area contributed by atoms with Crippen LogP contribution >= 0.6 is 0 Å². The Kier molecular flexibility index (Phi) is 3.49. The quantitative estimate of drug-likeness (QED) is 0.886. The summed E-state index contributed by atoms with van der Waals surface area (Å²) in [5, 5.41) is 10.0. The van der Waals surface area contributed by atoms with E-state index >= 15 is 0 Å². The summed E-state index contributed by atoms with van der Waals surface area (Å²) in [4.78, 5) is 2.35. The monoisotopic (exact) mass is 267 g/mol. The van der Waals surface area contributed by atoms with E-state index in [4.69, 9.17) is 0 Å².